The highest BCUT2D eigenvalue weighted by atomic mass is 31.0. The molecular formula is C22H34NOP. The van der Waals surface area contributed by atoms with Crippen LogP contribution in [0.1, 0.15) is 63.6 Å². The topological polar surface area (TPSA) is 25.2 Å². The van der Waals surface area contributed by atoms with Gasteiger partial charge >= 0.3 is 0 Å². The van der Waals surface area contributed by atoms with Crippen LogP contribution in [-0.2, 0) is 7.05 Å². The minimum atomic E-state index is 0.139. The molecule has 1 aliphatic carbocycles. The fourth-order valence-electron chi connectivity index (χ4n) is 2.86. The Morgan fingerprint density at radius 1 is 1.24 bits per heavy atom. The van der Waals surface area contributed by atoms with Gasteiger partial charge in [-0.2, -0.15) is 0 Å². The van der Waals surface area contributed by atoms with Crippen LogP contribution in [-0.4, -0.2) is 9.46 Å². The molecule has 0 radical (unpaired) electrons. The minimum Gasteiger partial charge on any atom is -0.380 e. The van der Waals surface area contributed by atoms with E-state index in [1.54, 1.807) is 0 Å². The number of aromatic nitrogens is 1. The number of nitrogens with zero attached hydrogens (tertiary/aromatic N) is 1. The molecule has 3 atom stereocenters. The number of allylic oxidation sites excluding steroid dienone is 3. The molecule has 138 valence electrons. The third-order valence-corrected chi connectivity index (χ3v) is 5.39. The van der Waals surface area contributed by atoms with Crippen molar-refractivity contribution in [3.63, 3.8) is 0 Å². The van der Waals surface area contributed by atoms with E-state index in [4.69, 9.17) is 4.89 Å². The normalized spacial score (nSPS) is 20.2. The Bertz CT molecular complexity index is 679. The van der Waals surface area contributed by atoms with Gasteiger partial charge in [-0.05, 0) is 39.9 Å². The summed E-state index contributed by atoms with van der Waals surface area (Å²) < 4.78 is 2.29. The Morgan fingerprint density at radius 2 is 1.84 bits per heavy atom. The van der Waals surface area contributed by atoms with Crippen molar-refractivity contribution in [1.82, 2.24) is 4.57 Å². The highest BCUT2D eigenvalue weighted by molar-refractivity contribution is 7.08. The summed E-state index contributed by atoms with van der Waals surface area (Å²) in [6.07, 6.45) is 16.9. The van der Waals surface area contributed by atoms with Crippen molar-refractivity contribution in [2.75, 3.05) is 0 Å². The minimum absolute atomic E-state index is 0.139. The van der Waals surface area contributed by atoms with Crippen LogP contribution >= 0.6 is 9.47 Å². The third-order valence-electron chi connectivity index (χ3n) is 5.39. The van der Waals surface area contributed by atoms with Gasteiger partial charge in [0.1, 0.15) is 0 Å². The van der Waals surface area contributed by atoms with Gasteiger partial charge in [-0.15, -0.1) is 0 Å². The van der Waals surface area contributed by atoms with Gasteiger partial charge in [0.25, 0.3) is 0 Å². The molecule has 2 nitrogen and oxygen atoms in total. The van der Waals surface area contributed by atoms with Gasteiger partial charge in [-0.25, -0.2) is 0 Å². The highest BCUT2D eigenvalue weighted by Gasteiger charge is 2.21. The maximum absolute atomic E-state index is 6.92. The van der Waals surface area contributed by atoms with E-state index >= 15 is 0 Å². The Kier molecular flexibility index (Phi) is 8.12. The molecular weight excluding hydrogens is 325 g/mol. The number of fused-ring (bicyclic) bond motifs is 1. The van der Waals surface area contributed by atoms with Crippen molar-refractivity contribution in [3.8, 4) is 0 Å². The van der Waals surface area contributed by atoms with Crippen LogP contribution in [0.25, 0.3) is 24.3 Å². The summed E-state index contributed by atoms with van der Waals surface area (Å²) in [6.45, 7) is 15.4. The quantitative estimate of drug-likeness (QED) is 0.622. The first kappa shape index (κ1) is 21.7. The van der Waals surface area contributed by atoms with Crippen LogP contribution in [0, 0.1) is 17.3 Å². The molecule has 0 bridgehead atoms. The molecule has 0 aromatic carbocycles. The summed E-state index contributed by atoms with van der Waals surface area (Å²) in [6, 6.07) is 0. The summed E-state index contributed by atoms with van der Waals surface area (Å²) in [5, 5.41) is 0. The Hall–Kier alpha value is -1.37. The lowest BCUT2D eigenvalue weighted by molar-refractivity contribution is 0.506. The number of hydrogen-bond donors (Lipinski definition) is 1. The average Bonchev–Trinajstić information content (AvgIpc) is 2.75. The second-order valence-corrected chi connectivity index (χ2v) is 7.35. The maximum atomic E-state index is 6.92. The first-order chi connectivity index (χ1) is 11.8. The van der Waals surface area contributed by atoms with Crippen LogP contribution in [0.3, 0.4) is 0 Å². The first-order valence-electron chi connectivity index (χ1n) is 9.00. The van der Waals surface area contributed by atoms with Crippen molar-refractivity contribution in [3.05, 3.63) is 47.3 Å². The molecule has 1 aromatic rings. The van der Waals surface area contributed by atoms with Crippen molar-refractivity contribution in [2.45, 2.75) is 41.0 Å². The molecule has 0 aliphatic heterocycles. The zero-order valence-electron chi connectivity index (χ0n) is 16.6. The molecule has 3 heteroatoms. The Labute approximate surface area is 156 Å². The van der Waals surface area contributed by atoms with E-state index < -0.39 is 0 Å². The highest BCUT2D eigenvalue weighted by Crippen LogP contribution is 2.35. The molecule has 0 saturated heterocycles. The van der Waals surface area contributed by atoms with E-state index in [0.717, 1.165) is 6.42 Å². The molecule has 0 amide bonds. The molecule has 1 heterocycles. The number of rotatable bonds is 5. The molecule has 1 aliphatic rings. The van der Waals surface area contributed by atoms with Crippen molar-refractivity contribution in [1.29, 1.82) is 0 Å². The zero-order valence-corrected chi connectivity index (χ0v) is 17.7. The summed E-state index contributed by atoms with van der Waals surface area (Å²) in [5.74, 6) is 1.22. The van der Waals surface area contributed by atoms with Crippen LogP contribution in [0.15, 0.2) is 24.8 Å². The Balaban J connectivity index is 0.00000151. The van der Waals surface area contributed by atoms with Gasteiger partial charge in [-0.1, -0.05) is 71.6 Å². The monoisotopic (exact) mass is 359 g/mol. The smallest absolute Gasteiger partial charge is 0.0485 e. The largest absolute Gasteiger partial charge is 0.380 e. The summed E-state index contributed by atoms with van der Waals surface area (Å²) in [5.41, 5.74) is 5.17. The molecule has 1 aromatic heterocycles. The van der Waals surface area contributed by atoms with Crippen molar-refractivity contribution < 1.29 is 4.89 Å². The first-order valence-corrected chi connectivity index (χ1v) is 9.52. The molecule has 0 spiro atoms. The maximum Gasteiger partial charge on any atom is 0.0485 e. The molecule has 2 rings (SSSR count). The predicted octanol–water partition coefficient (Wildman–Crippen LogP) is 6.20. The molecule has 25 heavy (non-hydrogen) atoms. The van der Waals surface area contributed by atoms with Crippen LogP contribution < -0.4 is 0 Å². The van der Waals surface area contributed by atoms with E-state index in [1.807, 2.05) is 6.08 Å². The van der Waals surface area contributed by atoms with E-state index in [9.17, 15) is 0 Å². The standard InChI is InChI=1S/C22H31N.H3OP/c1-8-18-19-12-14-22(6,9-2)15-13-21(19)23(7)20(18)11-10-17(5)16(3)4;1-2/h8,10-17H,1,9H2,2-7H3;1H,2H2/b11-10-;. The van der Waals surface area contributed by atoms with Gasteiger partial charge in [0.05, 0.1) is 0 Å². The van der Waals surface area contributed by atoms with E-state index in [0.29, 0.717) is 11.8 Å². The lowest BCUT2D eigenvalue weighted by atomic mass is 9.87. The SMILES string of the molecule is C=Cc1c2c(n(C)c1/C=C\C(C)C(C)C)C=CC(C)(CC)C=C2.OP. The van der Waals surface area contributed by atoms with Gasteiger partial charge in [-0.3, -0.25) is 0 Å². The second-order valence-electron chi connectivity index (χ2n) is 7.35. The lowest BCUT2D eigenvalue weighted by Gasteiger charge is -2.18. The van der Waals surface area contributed by atoms with Crippen LogP contribution in [0.4, 0.5) is 0 Å². The average molecular weight is 359 g/mol. The third kappa shape index (κ3) is 4.84. The second kappa shape index (κ2) is 9.36. The molecule has 0 saturated carbocycles. The van der Waals surface area contributed by atoms with Crippen molar-refractivity contribution >= 4 is 33.8 Å². The van der Waals surface area contributed by atoms with Gasteiger partial charge in [0.15, 0.2) is 0 Å². The predicted molar refractivity (Wildman–Crippen MR) is 117 cm³/mol. The zero-order chi connectivity index (χ0) is 19.2. The summed E-state index contributed by atoms with van der Waals surface area (Å²) in [4.78, 5) is 6.92. The van der Waals surface area contributed by atoms with Gasteiger partial charge in [0, 0.05) is 35.0 Å². The van der Waals surface area contributed by atoms with Gasteiger partial charge < -0.3 is 9.46 Å². The summed E-state index contributed by atoms with van der Waals surface area (Å²) >= 11 is 0. The number of hydrogen-bond acceptors (Lipinski definition) is 1. The van der Waals surface area contributed by atoms with E-state index in [-0.39, 0.29) is 5.41 Å². The van der Waals surface area contributed by atoms with E-state index in [2.05, 4.69) is 89.3 Å². The van der Waals surface area contributed by atoms with Crippen LogP contribution in [0.5, 0.6) is 0 Å². The molecule has 3 unspecified atom stereocenters. The summed E-state index contributed by atoms with van der Waals surface area (Å²) in [7, 11) is 3.57. The van der Waals surface area contributed by atoms with E-state index in [1.165, 1.54) is 32.0 Å². The Morgan fingerprint density at radius 3 is 2.36 bits per heavy atom. The lowest BCUT2D eigenvalue weighted by Crippen LogP contribution is -2.06. The van der Waals surface area contributed by atoms with Crippen molar-refractivity contribution in [2.24, 2.45) is 24.3 Å². The molecule has 0 fully saturated rings. The fraction of sp³-hybridized carbons (Fsp3) is 0.455. The van der Waals surface area contributed by atoms with Gasteiger partial charge in [0.2, 0.25) is 0 Å². The molecule has 1 N–H and O–H groups in total. The fourth-order valence-corrected chi connectivity index (χ4v) is 2.86. The van der Waals surface area contributed by atoms with Crippen LogP contribution in [0.2, 0.25) is 0 Å².